The highest BCUT2D eigenvalue weighted by Crippen LogP contribution is 2.12. The van der Waals surface area contributed by atoms with Gasteiger partial charge in [-0.2, -0.15) is 0 Å². The molecule has 6 heteroatoms. The highest BCUT2D eigenvalue weighted by Gasteiger charge is 2.14. The summed E-state index contributed by atoms with van der Waals surface area (Å²) in [6.07, 6.45) is 0. The number of nitrogens with one attached hydrogen (secondary N) is 1. The molecule has 88 valence electrons. The lowest BCUT2D eigenvalue weighted by Gasteiger charge is -2.11. The van der Waals surface area contributed by atoms with E-state index in [0.29, 0.717) is 5.56 Å². The lowest BCUT2D eigenvalue weighted by molar-refractivity contribution is 0.0827. The second-order valence-corrected chi connectivity index (χ2v) is 5.32. The van der Waals surface area contributed by atoms with E-state index in [1.165, 1.54) is 24.1 Å². The minimum atomic E-state index is -3.50. The van der Waals surface area contributed by atoms with Gasteiger partial charge in [0.1, 0.15) is 0 Å². The molecule has 0 atom stereocenters. The van der Waals surface area contributed by atoms with Crippen molar-refractivity contribution in [2.24, 2.45) is 0 Å². The first kappa shape index (κ1) is 12.7. The minimum absolute atomic E-state index is 0.0858. The standard InChI is InChI=1S/C10H14N2O3S/c1-11-16(14,15)9-6-4-5-8(7-9)10(13)12(2)3/h4-7,11H,1-3H3. The summed E-state index contributed by atoms with van der Waals surface area (Å²) < 4.78 is 25.2. The van der Waals surface area contributed by atoms with Crippen LogP contribution in [0, 0.1) is 0 Å². The Morgan fingerprint density at radius 3 is 2.44 bits per heavy atom. The van der Waals surface area contributed by atoms with Gasteiger partial charge in [-0.05, 0) is 25.2 Å². The second-order valence-electron chi connectivity index (χ2n) is 3.43. The van der Waals surface area contributed by atoms with E-state index < -0.39 is 10.0 Å². The van der Waals surface area contributed by atoms with Crippen molar-refractivity contribution in [1.29, 1.82) is 0 Å². The fourth-order valence-electron chi connectivity index (χ4n) is 1.17. The van der Waals surface area contributed by atoms with Crippen molar-refractivity contribution < 1.29 is 13.2 Å². The Hall–Kier alpha value is -1.40. The van der Waals surface area contributed by atoms with Gasteiger partial charge >= 0.3 is 0 Å². The van der Waals surface area contributed by atoms with E-state index in [4.69, 9.17) is 0 Å². The van der Waals surface area contributed by atoms with E-state index in [1.807, 2.05) is 0 Å². The van der Waals surface area contributed by atoms with E-state index in [0.717, 1.165) is 0 Å². The van der Waals surface area contributed by atoms with Crippen LogP contribution in [0.2, 0.25) is 0 Å². The highest BCUT2D eigenvalue weighted by molar-refractivity contribution is 7.89. The first-order chi connectivity index (χ1) is 7.38. The molecule has 0 unspecified atom stereocenters. The molecule has 0 aromatic heterocycles. The molecule has 0 heterocycles. The zero-order valence-corrected chi connectivity index (χ0v) is 10.2. The Labute approximate surface area is 95.1 Å². The quantitative estimate of drug-likeness (QED) is 0.828. The van der Waals surface area contributed by atoms with Gasteiger partial charge in [-0.1, -0.05) is 6.07 Å². The maximum Gasteiger partial charge on any atom is 0.253 e. The molecule has 0 bridgehead atoms. The van der Waals surface area contributed by atoms with Gasteiger partial charge in [0.2, 0.25) is 10.0 Å². The first-order valence-electron chi connectivity index (χ1n) is 4.64. The van der Waals surface area contributed by atoms with Gasteiger partial charge in [-0.15, -0.1) is 0 Å². The Bertz CT molecular complexity index is 495. The molecule has 0 saturated heterocycles. The van der Waals surface area contributed by atoms with E-state index >= 15 is 0 Å². The fraction of sp³-hybridized carbons (Fsp3) is 0.300. The molecule has 1 aromatic rings. The zero-order chi connectivity index (χ0) is 12.3. The number of carbonyl (C=O) groups is 1. The molecule has 16 heavy (non-hydrogen) atoms. The smallest absolute Gasteiger partial charge is 0.253 e. The fourth-order valence-corrected chi connectivity index (χ4v) is 1.95. The van der Waals surface area contributed by atoms with E-state index in [1.54, 1.807) is 26.2 Å². The number of hydrogen-bond acceptors (Lipinski definition) is 3. The molecule has 1 aromatic carbocycles. The van der Waals surface area contributed by atoms with Gasteiger partial charge in [-0.3, -0.25) is 4.79 Å². The van der Waals surface area contributed by atoms with E-state index in [2.05, 4.69) is 4.72 Å². The van der Waals surface area contributed by atoms with Gasteiger partial charge in [0.25, 0.3) is 5.91 Å². The van der Waals surface area contributed by atoms with Crippen LogP contribution in [0.1, 0.15) is 10.4 Å². The van der Waals surface area contributed by atoms with Crippen LogP contribution >= 0.6 is 0 Å². The van der Waals surface area contributed by atoms with Crippen LogP contribution in [0.15, 0.2) is 29.2 Å². The molecule has 0 aliphatic carbocycles. The Kier molecular flexibility index (Phi) is 3.66. The molecule has 1 rings (SSSR count). The molecule has 0 aliphatic rings. The maximum absolute atomic E-state index is 11.6. The summed E-state index contributed by atoms with van der Waals surface area (Å²) in [5.41, 5.74) is 0.348. The van der Waals surface area contributed by atoms with Gasteiger partial charge in [0.05, 0.1) is 4.90 Å². The predicted octanol–water partition coefficient (Wildman–Crippen LogP) is 0.296. The van der Waals surface area contributed by atoms with E-state index in [9.17, 15) is 13.2 Å². The third kappa shape index (κ3) is 2.59. The summed E-state index contributed by atoms with van der Waals surface area (Å²) in [7, 11) is 1.05. The van der Waals surface area contributed by atoms with Crippen molar-refractivity contribution in [3.05, 3.63) is 29.8 Å². The van der Waals surface area contributed by atoms with Crippen LogP contribution in [0.3, 0.4) is 0 Å². The first-order valence-corrected chi connectivity index (χ1v) is 6.12. The highest BCUT2D eigenvalue weighted by atomic mass is 32.2. The Balaban J connectivity index is 3.20. The SMILES string of the molecule is CNS(=O)(=O)c1cccc(C(=O)N(C)C)c1. The van der Waals surface area contributed by atoms with Crippen LogP contribution < -0.4 is 4.72 Å². The van der Waals surface area contributed by atoms with Crippen LogP contribution in [-0.4, -0.2) is 40.4 Å². The summed E-state index contributed by atoms with van der Waals surface area (Å²) in [4.78, 5) is 13.1. The van der Waals surface area contributed by atoms with E-state index in [-0.39, 0.29) is 10.8 Å². The summed E-state index contributed by atoms with van der Waals surface area (Å²) in [6, 6.07) is 5.92. The monoisotopic (exact) mass is 242 g/mol. The summed E-state index contributed by atoms with van der Waals surface area (Å²) in [5.74, 6) is -0.229. The molecular formula is C10H14N2O3S. The Morgan fingerprint density at radius 2 is 1.94 bits per heavy atom. The van der Waals surface area contributed by atoms with Gasteiger partial charge < -0.3 is 4.90 Å². The minimum Gasteiger partial charge on any atom is -0.345 e. The maximum atomic E-state index is 11.6. The van der Waals surface area contributed by atoms with Crippen molar-refractivity contribution in [3.8, 4) is 0 Å². The van der Waals surface area contributed by atoms with Gasteiger partial charge in [-0.25, -0.2) is 13.1 Å². The average molecular weight is 242 g/mol. The average Bonchev–Trinajstić information content (AvgIpc) is 2.28. The van der Waals surface area contributed by atoms with Crippen molar-refractivity contribution in [1.82, 2.24) is 9.62 Å². The van der Waals surface area contributed by atoms with Crippen LogP contribution in [0.25, 0.3) is 0 Å². The molecule has 1 amide bonds. The molecule has 5 nitrogen and oxygen atoms in total. The zero-order valence-electron chi connectivity index (χ0n) is 9.39. The van der Waals surface area contributed by atoms with Crippen LogP contribution in [-0.2, 0) is 10.0 Å². The second kappa shape index (κ2) is 4.63. The molecule has 0 fully saturated rings. The summed E-state index contributed by atoms with van der Waals surface area (Å²) in [5, 5.41) is 0. The number of sulfonamides is 1. The normalized spacial score (nSPS) is 11.2. The summed E-state index contributed by atoms with van der Waals surface area (Å²) >= 11 is 0. The van der Waals surface area contributed by atoms with Crippen molar-refractivity contribution in [2.45, 2.75) is 4.90 Å². The topological polar surface area (TPSA) is 66.5 Å². The third-order valence-corrected chi connectivity index (χ3v) is 3.48. The van der Waals surface area contributed by atoms with Crippen LogP contribution in [0.4, 0.5) is 0 Å². The number of hydrogen-bond donors (Lipinski definition) is 1. The Morgan fingerprint density at radius 1 is 1.31 bits per heavy atom. The molecule has 0 spiro atoms. The predicted molar refractivity (Wildman–Crippen MR) is 60.7 cm³/mol. The van der Waals surface area contributed by atoms with Crippen LogP contribution in [0.5, 0.6) is 0 Å². The number of nitrogens with zero attached hydrogens (tertiary/aromatic N) is 1. The van der Waals surface area contributed by atoms with Gasteiger partial charge in [0.15, 0.2) is 0 Å². The van der Waals surface area contributed by atoms with Crippen molar-refractivity contribution in [2.75, 3.05) is 21.1 Å². The lowest BCUT2D eigenvalue weighted by atomic mass is 10.2. The third-order valence-electron chi connectivity index (χ3n) is 2.07. The molecule has 0 radical (unpaired) electrons. The number of carbonyl (C=O) groups excluding carboxylic acids is 1. The largest absolute Gasteiger partial charge is 0.345 e. The molecular weight excluding hydrogens is 228 g/mol. The lowest BCUT2D eigenvalue weighted by Crippen LogP contribution is -2.23. The molecule has 0 aliphatic heterocycles. The van der Waals surface area contributed by atoms with Crippen molar-refractivity contribution in [3.63, 3.8) is 0 Å². The number of amides is 1. The van der Waals surface area contributed by atoms with Crippen molar-refractivity contribution >= 4 is 15.9 Å². The number of rotatable bonds is 3. The van der Waals surface area contributed by atoms with Gasteiger partial charge in [0, 0.05) is 19.7 Å². The summed E-state index contributed by atoms with van der Waals surface area (Å²) in [6.45, 7) is 0. The molecule has 0 saturated carbocycles. The molecule has 1 N–H and O–H groups in total. The number of benzene rings is 1.